The number of unbranched alkanes of at least 4 members (excludes halogenated alkanes) is 1. The second kappa shape index (κ2) is 13.1. The Balaban J connectivity index is 0.000000327. The number of nitrogens with zero attached hydrogens (tertiary/aromatic N) is 1. The molecule has 0 N–H and O–H groups in total. The summed E-state index contributed by atoms with van der Waals surface area (Å²) < 4.78 is 2.20. The van der Waals surface area contributed by atoms with Gasteiger partial charge in [0.1, 0.15) is 0 Å². The fraction of sp³-hybridized carbons (Fsp3) is 0.192. The molecule has 0 atom stereocenters. The Morgan fingerprint density at radius 3 is 2.13 bits per heavy atom. The predicted octanol–water partition coefficient (Wildman–Crippen LogP) is 1.37. The van der Waals surface area contributed by atoms with Gasteiger partial charge in [0.2, 0.25) is 0 Å². The molecule has 4 heteroatoms. The first-order chi connectivity index (χ1) is 13.3. The van der Waals surface area contributed by atoms with E-state index in [1.54, 1.807) is 0 Å². The van der Waals surface area contributed by atoms with Crippen LogP contribution in [0.25, 0.3) is 27.2 Å². The van der Waals surface area contributed by atoms with Crippen LogP contribution in [-0.4, -0.2) is 4.57 Å². The molecule has 4 aromatic rings. The molecule has 0 aliphatic heterocycles. The van der Waals surface area contributed by atoms with Gasteiger partial charge in [-0.1, -0.05) is 56.5 Å². The molecule has 0 radical (unpaired) electrons. The summed E-state index contributed by atoms with van der Waals surface area (Å²) >= 11 is 0. The van der Waals surface area contributed by atoms with Gasteiger partial charge >= 0.3 is 26.2 Å². The van der Waals surface area contributed by atoms with Gasteiger partial charge in [0.25, 0.3) is 0 Å². The Kier molecular flexibility index (Phi) is 11.6. The maximum Gasteiger partial charge on any atom is 4.00 e. The zero-order valence-electron chi connectivity index (χ0n) is 17.1. The molecular weight excluding hydrogens is 488 g/mol. The molecule has 0 saturated heterocycles. The minimum Gasteiger partial charge on any atom is -1.00 e. The normalized spacial score (nSPS) is 11.7. The molecule has 5 rings (SSSR count). The van der Waals surface area contributed by atoms with Gasteiger partial charge in [-0.15, -0.1) is 47.5 Å². The van der Waals surface area contributed by atoms with Crippen molar-refractivity contribution in [1.29, 1.82) is 0 Å². The first-order valence-electron chi connectivity index (χ1n) is 9.82. The van der Waals surface area contributed by atoms with Crippen LogP contribution in [0.4, 0.5) is 0 Å². The monoisotopic (exact) mass is 511 g/mol. The van der Waals surface area contributed by atoms with Gasteiger partial charge < -0.3 is 29.4 Å². The summed E-state index contributed by atoms with van der Waals surface area (Å²) in [6, 6.07) is 21.4. The van der Waals surface area contributed by atoms with Crippen LogP contribution in [0.1, 0.15) is 32.6 Å². The second-order valence-electron chi connectivity index (χ2n) is 7.05. The summed E-state index contributed by atoms with van der Waals surface area (Å²) in [5.41, 5.74) is 2.64. The van der Waals surface area contributed by atoms with Gasteiger partial charge in [-0.25, -0.2) is 11.6 Å². The molecule has 1 aliphatic rings. The molecule has 1 heterocycles. The number of benzene rings is 2. The Bertz CT molecular complexity index is 966. The third kappa shape index (κ3) is 6.51. The maximum absolute atomic E-state index is 3.30. The molecule has 0 bridgehead atoms. The number of aromatic nitrogens is 1. The maximum atomic E-state index is 3.30. The third-order valence-electron chi connectivity index (χ3n) is 5.02. The third-order valence-corrected chi connectivity index (χ3v) is 5.02. The number of halogens is 2. The van der Waals surface area contributed by atoms with Crippen molar-refractivity contribution in [3.05, 3.63) is 96.9 Å². The van der Waals surface area contributed by atoms with Crippen LogP contribution in [0.2, 0.25) is 0 Å². The van der Waals surface area contributed by atoms with E-state index in [1.807, 2.05) is 0 Å². The van der Waals surface area contributed by atoms with E-state index in [0.717, 1.165) is 6.42 Å². The summed E-state index contributed by atoms with van der Waals surface area (Å²) in [6.07, 6.45) is 16.9. The van der Waals surface area contributed by atoms with Crippen molar-refractivity contribution < 1.29 is 51.0 Å². The van der Waals surface area contributed by atoms with E-state index in [9.17, 15) is 0 Å². The van der Waals surface area contributed by atoms with Crippen LogP contribution in [-0.2, 0) is 26.2 Å². The van der Waals surface area contributed by atoms with E-state index in [1.165, 1.54) is 52.1 Å². The van der Waals surface area contributed by atoms with Crippen molar-refractivity contribution in [2.45, 2.75) is 32.6 Å². The Hall–Kier alpha value is -1.47. The van der Waals surface area contributed by atoms with Crippen molar-refractivity contribution in [1.82, 2.24) is 4.57 Å². The van der Waals surface area contributed by atoms with E-state index in [-0.39, 0.29) is 51.0 Å². The molecule has 1 nitrogen and oxygen atoms in total. The van der Waals surface area contributed by atoms with Gasteiger partial charge in [0.05, 0.1) is 0 Å². The number of rotatable bonds is 4. The van der Waals surface area contributed by atoms with Crippen LogP contribution < -0.4 is 24.8 Å². The van der Waals surface area contributed by atoms with Crippen molar-refractivity contribution >= 4 is 21.5 Å². The van der Waals surface area contributed by atoms with Gasteiger partial charge in [-0.3, -0.25) is 6.08 Å². The molecule has 0 spiro atoms. The van der Waals surface area contributed by atoms with Crippen LogP contribution in [0.5, 0.6) is 0 Å². The molecule has 0 fully saturated rings. The smallest absolute Gasteiger partial charge is 1.00 e. The largest absolute Gasteiger partial charge is 4.00 e. The average molecular weight is 514 g/mol. The Labute approximate surface area is 211 Å². The van der Waals surface area contributed by atoms with Crippen LogP contribution in [0, 0.1) is 6.08 Å². The first-order valence-corrected chi connectivity index (χ1v) is 9.82. The van der Waals surface area contributed by atoms with Gasteiger partial charge in [-0.05, 0) is 16.5 Å². The van der Waals surface area contributed by atoms with Gasteiger partial charge in [0.15, 0.2) is 0 Å². The molecule has 0 unspecified atom stereocenters. The number of fused-ring (bicyclic) bond motifs is 2. The SMILES string of the molecule is CCCCC1=[C-]CC=C1.[Cl-].[Cl-].[Zr+4].c1ccc2cn(-c3cc4ccccc4[cH-]3)cc2c1. The minimum absolute atomic E-state index is 0. The number of hydrogen-bond acceptors (Lipinski definition) is 0. The van der Waals surface area contributed by atoms with Crippen LogP contribution in [0.3, 0.4) is 0 Å². The first kappa shape index (κ1) is 26.6. The van der Waals surface area contributed by atoms with E-state index in [4.69, 9.17) is 0 Å². The van der Waals surface area contributed by atoms with Crippen LogP contribution >= 0.6 is 0 Å². The summed E-state index contributed by atoms with van der Waals surface area (Å²) in [7, 11) is 0. The zero-order valence-corrected chi connectivity index (χ0v) is 21.1. The molecule has 0 amide bonds. The molecule has 1 aliphatic carbocycles. The second-order valence-corrected chi connectivity index (χ2v) is 7.05. The van der Waals surface area contributed by atoms with Gasteiger partial charge in [0, 0.05) is 12.4 Å². The predicted molar refractivity (Wildman–Crippen MR) is 116 cm³/mol. The number of allylic oxidation sites excluding steroid dienone is 4. The summed E-state index contributed by atoms with van der Waals surface area (Å²) in [6.45, 7) is 2.22. The van der Waals surface area contributed by atoms with E-state index >= 15 is 0 Å². The molecule has 1 aromatic heterocycles. The van der Waals surface area contributed by atoms with E-state index in [0.29, 0.717) is 0 Å². The average Bonchev–Trinajstić information content (AvgIpc) is 3.45. The molecule has 30 heavy (non-hydrogen) atoms. The molecular formula is C26H25Cl2NZr. The van der Waals surface area contributed by atoms with E-state index in [2.05, 4.69) is 103 Å². The Morgan fingerprint density at radius 2 is 1.57 bits per heavy atom. The molecule has 152 valence electrons. The minimum atomic E-state index is 0. The zero-order chi connectivity index (χ0) is 18.5. The Morgan fingerprint density at radius 1 is 0.933 bits per heavy atom. The van der Waals surface area contributed by atoms with Gasteiger partial charge in [-0.2, -0.15) is 6.08 Å². The quantitative estimate of drug-likeness (QED) is 0.364. The fourth-order valence-electron chi connectivity index (χ4n) is 3.50. The van der Waals surface area contributed by atoms with Crippen LogP contribution in [0.15, 0.2) is 90.8 Å². The standard InChI is InChI=1S/C17H12N.C9H13.2ClH.Zr/c1-2-6-14-10-17(9-13(14)5-1)18-11-15-7-3-4-8-16(15)12-18;1-2-3-6-9-7-4-5-8-9;;;/h1-12H;4,7H,2-3,5-6H2,1H3;2*1H;/q2*-1;;;+4/p-2. The van der Waals surface area contributed by atoms with Crippen molar-refractivity contribution in [3.8, 4) is 5.69 Å². The molecule has 0 saturated carbocycles. The van der Waals surface area contributed by atoms with Crippen molar-refractivity contribution in [3.63, 3.8) is 0 Å². The van der Waals surface area contributed by atoms with E-state index < -0.39 is 0 Å². The summed E-state index contributed by atoms with van der Waals surface area (Å²) in [4.78, 5) is 0. The number of hydrogen-bond donors (Lipinski definition) is 0. The van der Waals surface area contributed by atoms with Crippen molar-refractivity contribution in [2.24, 2.45) is 0 Å². The summed E-state index contributed by atoms with van der Waals surface area (Å²) in [5, 5.41) is 5.15. The molecule has 3 aromatic carbocycles. The van der Waals surface area contributed by atoms with Crippen molar-refractivity contribution in [2.75, 3.05) is 0 Å². The fourth-order valence-corrected chi connectivity index (χ4v) is 3.50. The topological polar surface area (TPSA) is 4.93 Å². The summed E-state index contributed by atoms with van der Waals surface area (Å²) in [5.74, 6) is 0.